The Morgan fingerprint density at radius 1 is 1.26 bits per heavy atom. The van der Waals surface area contributed by atoms with Crippen LogP contribution in [0, 0.1) is 0 Å². The highest BCUT2D eigenvalue weighted by Gasteiger charge is 2.46. The summed E-state index contributed by atoms with van der Waals surface area (Å²) >= 11 is 6.35. The average Bonchev–Trinajstić information content (AvgIpc) is 3.17. The number of aromatic nitrogens is 3. The van der Waals surface area contributed by atoms with Crippen molar-refractivity contribution >= 4 is 34.8 Å². The van der Waals surface area contributed by atoms with Crippen molar-refractivity contribution in [3.8, 4) is 0 Å². The number of rotatable bonds is 4. The van der Waals surface area contributed by atoms with E-state index in [0.717, 1.165) is 18.5 Å². The number of anilines is 3. The van der Waals surface area contributed by atoms with E-state index in [4.69, 9.17) is 11.6 Å². The van der Waals surface area contributed by atoms with Crippen LogP contribution in [0.3, 0.4) is 0 Å². The first kappa shape index (κ1) is 17.5. The van der Waals surface area contributed by atoms with E-state index in [2.05, 4.69) is 32.5 Å². The maximum atomic E-state index is 13.2. The molecule has 0 unspecified atom stereocenters. The number of hydrogen-bond acceptors (Lipinski definition) is 6. The third kappa shape index (κ3) is 2.95. The number of allylic oxidation sites excluding steroid dienone is 1. The topological polar surface area (TPSA) is 101 Å². The molecule has 140 valence electrons. The van der Waals surface area contributed by atoms with Crippen LogP contribution in [-0.2, 0) is 5.66 Å². The van der Waals surface area contributed by atoms with E-state index in [9.17, 15) is 9.59 Å². The zero-order valence-electron chi connectivity index (χ0n) is 14.8. The van der Waals surface area contributed by atoms with E-state index >= 15 is 0 Å². The molecule has 1 amide bonds. The molecule has 0 bridgehead atoms. The zero-order valence-corrected chi connectivity index (χ0v) is 15.6. The molecular formula is C18H19ClN6O2. The van der Waals surface area contributed by atoms with Crippen molar-refractivity contribution in [2.24, 2.45) is 0 Å². The molecule has 1 fully saturated rings. The number of halogens is 1. The summed E-state index contributed by atoms with van der Waals surface area (Å²) in [5.74, 6) is 0.678. The summed E-state index contributed by atoms with van der Waals surface area (Å²) in [6.45, 7) is 5.59. The van der Waals surface area contributed by atoms with Crippen molar-refractivity contribution < 1.29 is 4.79 Å². The number of carbonyl (C=O) groups is 1. The van der Waals surface area contributed by atoms with Crippen LogP contribution in [0.1, 0.15) is 43.1 Å². The van der Waals surface area contributed by atoms with Gasteiger partial charge in [-0.15, -0.1) is 0 Å². The molecule has 0 saturated heterocycles. The summed E-state index contributed by atoms with van der Waals surface area (Å²) in [7, 11) is 0. The normalized spacial score (nSPS) is 16.9. The predicted molar refractivity (Wildman–Crippen MR) is 103 cm³/mol. The molecule has 2 aliphatic rings. The molecular weight excluding hydrogens is 368 g/mol. The fourth-order valence-electron chi connectivity index (χ4n) is 3.78. The van der Waals surface area contributed by atoms with Crippen molar-refractivity contribution in [3.63, 3.8) is 0 Å². The molecule has 2 aromatic heterocycles. The fraction of sp³-hybridized carbons (Fsp3) is 0.333. The predicted octanol–water partition coefficient (Wildman–Crippen LogP) is 2.95. The second-order valence-electron chi connectivity index (χ2n) is 6.91. The van der Waals surface area contributed by atoms with Crippen LogP contribution in [-0.4, -0.2) is 20.4 Å². The molecule has 9 heteroatoms. The quantitative estimate of drug-likeness (QED) is 0.746. The molecule has 1 aliphatic carbocycles. The van der Waals surface area contributed by atoms with Gasteiger partial charge in [0, 0.05) is 11.8 Å². The third-order valence-electron chi connectivity index (χ3n) is 4.85. The molecule has 0 aromatic carbocycles. The lowest BCUT2D eigenvalue weighted by molar-refractivity contribution is 0.0920. The van der Waals surface area contributed by atoms with Gasteiger partial charge in [-0.1, -0.05) is 18.2 Å². The fourth-order valence-corrected chi connectivity index (χ4v) is 4.06. The van der Waals surface area contributed by atoms with Crippen LogP contribution < -0.4 is 21.5 Å². The second-order valence-corrected chi connectivity index (χ2v) is 7.31. The number of pyridine rings is 1. The monoisotopic (exact) mass is 386 g/mol. The van der Waals surface area contributed by atoms with E-state index in [-0.39, 0.29) is 27.9 Å². The Hall–Kier alpha value is -2.87. The lowest BCUT2D eigenvalue weighted by Gasteiger charge is -2.26. The van der Waals surface area contributed by atoms with Gasteiger partial charge in [-0.25, -0.2) is 9.97 Å². The number of nitrogens with one attached hydrogen (secondary N) is 3. The first-order chi connectivity index (χ1) is 12.9. The van der Waals surface area contributed by atoms with Gasteiger partial charge in [-0.05, 0) is 38.7 Å². The largest absolute Gasteiger partial charge is 0.345 e. The Kier molecular flexibility index (Phi) is 4.15. The van der Waals surface area contributed by atoms with Crippen molar-refractivity contribution in [1.82, 2.24) is 19.9 Å². The Bertz CT molecular complexity index is 1010. The first-order valence-corrected chi connectivity index (χ1v) is 9.07. The Morgan fingerprint density at radius 3 is 2.67 bits per heavy atom. The van der Waals surface area contributed by atoms with Crippen LogP contribution >= 0.6 is 11.6 Å². The van der Waals surface area contributed by atoms with Crippen molar-refractivity contribution in [3.05, 3.63) is 51.8 Å². The van der Waals surface area contributed by atoms with Gasteiger partial charge in [-0.3, -0.25) is 14.2 Å². The summed E-state index contributed by atoms with van der Waals surface area (Å²) in [6, 6.07) is 3.13. The minimum Gasteiger partial charge on any atom is -0.345 e. The van der Waals surface area contributed by atoms with E-state index in [1.54, 1.807) is 6.07 Å². The molecule has 2 aromatic rings. The van der Waals surface area contributed by atoms with Crippen molar-refractivity contribution in [1.29, 1.82) is 0 Å². The summed E-state index contributed by atoms with van der Waals surface area (Å²) in [4.78, 5) is 33.8. The maximum absolute atomic E-state index is 13.2. The third-order valence-corrected chi connectivity index (χ3v) is 5.13. The van der Waals surface area contributed by atoms with Gasteiger partial charge in [0.05, 0.1) is 5.02 Å². The van der Waals surface area contributed by atoms with E-state index in [1.807, 2.05) is 6.92 Å². The lowest BCUT2D eigenvalue weighted by atomic mass is 10.1. The molecule has 3 N–H and O–H groups in total. The maximum Gasteiger partial charge on any atom is 0.276 e. The van der Waals surface area contributed by atoms with Crippen LogP contribution in [0.15, 0.2) is 35.5 Å². The molecule has 0 radical (unpaired) electrons. The Balaban J connectivity index is 1.76. The minimum absolute atomic E-state index is 0.224. The van der Waals surface area contributed by atoms with Gasteiger partial charge in [-0.2, -0.15) is 0 Å². The number of nitrogens with zero attached hydrogens (tertiary/aromatic N) is 3. The summed E-state index contributed by atoms with van der Waals surface area (Å²) in [6.07, 6.45) is 4.70. The van der Waals surface area contributed by atoms with E-state index < -0.39 is 5.66 Å². The summed E-state index contributed by atoms with van der Waals surface area (Å²) in [5, 5.41) is 9.19. The Morgan fingerprint density at radius 2 is 1.96 bits per heavy atom. The van der Waals surface area contributed by atoms with Crippen LogP contribution in [0.25, 0.3) is 0 Å². The number of amides is 1. The van der Waals surface area contributed by atoms with Gasteiger partial charge in [0.1, 0.15) is 35.0 Å². The van der Waals surface area contributed by atoms with Crippen molar-refractivity contribution in [2.45, 2.75) is 38.3 Å². The van der Waals surface area contributed by atoms with Gasteiger partial charge in [0.2, 0.25) is 0 Å². The first-order valence-electron chi connectivity index (χ1n) is 8.70. The zero-order chi connectivity index (χ0) is 19.2. The van der Waals surface area contributed by atoms with E-state index in [1.165, 1.54) is 17.0 Å². The molecule has 1 aliphatic heterocycles. The molecule has 4 rings (SSSR count). The Labute approximate surface area is 160 Å². The number of fused-ring (bicyclic) bond motifs is 2. The lowest BCUT2D eigenvalue weighted by Crippen LogP contribution is -2.45. The molecule has 0 atom stereocenters. The second kappa shape index (κ2) is 6.38. The van der Waals surface area contributed by atoms with Gasteiger partial charge in [0.25, 0.3) is 11.5 Å². The minimum atomic E-state index is -0.677. The van der Waals surface area contributed by atoms with Gasteiger partial charge >= 0.3 is 0 Å². The molecule has 8 nitrogen and oxygen atoms in total. The van der Waals surface area contributed by atoms with Crippen LogP contribution in [0.2, 0.25) is 5.02 Å². The molecule has 1 spiro atoms. The van der Waals surface area contributed by atoms with E-state index in [0.29, 0.717) is 24.5 Å². The molecule has 3 heterocycles. The number of hydrogen-bond donors (Lipinski definition) is 3. The molecule has 1 saturated carbocycles. The standard InChI is InChI=1S/C18H19ClN6O2/c1-10(2)22-13-8-14(21-9-20-13)23-12-7-11(19)15-16(26)24-18(5-3-4-6-18)25(15)17(12)27/h7-9H,1,3-6H2,2H3,(H,24,26)(H2,20,21,22,23). The summed E-state index contributed by atoms with van der Waals surface area (Å²) < 4.78 is 1.52. The molecule has 27 heavy (non-hydrogen) atoms. The highest BCUT2D eigenvalue weighted by Crippen LogP contribution is 2.39. The van der Waals surface area contributed by atoms with Crippen LogP contribution in [0.5, 0.6) is 0 Å². The van der Waals surface area contributed by atoms with Gasteiger partial charge in [0.15, 0.2) is 0 Å². The SMILES string of the molecule is C=C(C)Nc1cc(Nc2cc(Cl)c3n(c2=O)C2(CCCC2)NC3=O)ncn1. The van der Waals surface area contributed by atoms with Crippen LogP contribution in [0.4, 0.5) is 17.3 Å². The highest BCUT2D eigenvalue weighted by molar-refractivity contribution is 6.34. The smallest absolute Gasteiger partial charge is 0.276 e. The number of carbonyl (C=O) groups excluding carboxylic acids is 1. The average molecular weight is 387 g/mol. The highest BCUT2D eigenvalue weighted by atomic mass is 35.5. The van der Waals surface area contributed by atoms with Crippen molar-refractivity contribution in [2.75, 3.05) is 10.6 Å². The van der Waals surface area contributed by atoms with Gasteiger partial charge < -0.3 is 16.0 Å². The summed E-state index contributed by atoms with van der Waals surface area (Å²) in [5.41, 5.74) is 0.229.